The van der Waals surface area contributed by atoms with Crippen LogP contribution in [0.2, 0.25) is 0 Å². The lowest BCUT2D eigenvalue weighted by atomic mass is 9.95. The van der Waals surface area contributed by atoms with Crippen molar-refractivity contribution in [3.63, 3.8) is 0 Å². The zero-order valence-corrected chi connectivity index (χ0v) is 23.4. The van der Waals surface area contributed by atoms with Crippen LogP contribution in [0.1, 0.15) is 62.9 Å². The first-order valence-electron chi connectivity index (χ1n) is 12.1. The molecule has 36 heavy (non-hydrogen) atoms. The third-order valence-corrected chi connectivity index (χ3v) is 6.00. The first-order chi connectivity index (χ1) is 16.7. The molecule has 0 bridgehead atoms. The second-order valence-corrected chi connectivity index (χ2v) is 10.7. The van der Waals surface area contributed by atoms with Gasteiger partial charge in [-0.3, -0.25) is 9.59 Å². The van der Waals surface area contributed by atoms with Crippen LogP contribution in [-0.4, -0.2) is 46.2 Å². The number of nitrogens with zero attached hydrogens (tertiary/aromatic N) is 1. The maximum Gasteiger partial charge on any atom is 0.408 e. The molecule has 0 aliphatic carbocycles. The SMILES string of the molecule is Cc1ccc(C(C(=O)Nc2ccccc2C)N(C(=O)C(CS)NC(=O)OC(C)(C)C)C(C)C)c(C)c1. The van der Waals surface area contributed by atoms with Crippen LogP contribution >= 0.6 is 12.6 Å². The highest BCUT2D eigenvalue weighted by atomic mass is 32.1. The molecule has 0 aromatic heterocycles. The van der Waals surface area contributed by atoms with Gasteiger partial charge in [0, 0.05) is 17.5 Å². The summed E-state index contributed by atoms with van der Waals surface area (Å²) < 4.78 is 5.34. The molecule has 2 N–H and O–H groups in total. The largest absolute Gasteiger partial charge is 0.444 e. The molecule has 2 unspecified atom stereocenters. The molecule has 0 radical (unpaired) electrons. The fraction of sp³-hybridized carbons (Fsp3) is 0.464. The first kappa shape index (κ1) is 29.2. The van der Waals surface area contributed by atoms with Crippen LogP contribution in [0, 0.1) is 20.8 Å². The van der Waals surface area contributed by atoms with Crippen LogP contribution in [0.15, 0.2) is 42.5 Å². The Labute approximate surface area is 220 Å². The minimum atomic E-state index is -0.981. The zero-order valence-electron chi connectivity index (χ0n) is 22.5. The van der Waals surface area contributed by atoms with Crippen molar-refractivity contribution in [1.29, 1.82) is 0 Å². The summed E-state index contributed by atoms with van der Waals surface area (Å²) in [5.74, 6) is -0.718. The molecule has 0 aliphatic heterocycles. The summed E-state index contributed by atoms with van der Waals surface area (Å²) in [4.78, 5) is 41.7. The maximum atomic E-state index is 13.9. The molecule has 0 spiro atoms. The van der Waals surface area contributed by atoms with E-state index < -0.39 is 29.7 Å². The van der Waals surface area contributed by atoms with E-state index in [1.807, 2.05) is 77.1 Å². The minimum Gasteiger partial charge on any atom is -0.444 e. The molecule has 8 heteroatoms. The van der Waals surface area contributed by atoms with Crippen LogP contribution in [0.4, 0.5) is 10.5 Å². The van der Waals surface area contributed by atoms with E-state index in [4.69, 9.17) is 4.74 Å². The van der Waals surface area contributed by atoms with Crippen LogP contribution in [0.5, 0.6) is 0 Å². The number of alkyl carbamates (subject to hydrolysis) is 1. The fourth-order valence-electron chi connectivity index (χ4n) is 3.96. The number of para-hydroxylation sites is 1. The van der Waals surface area contributed by atoms with E-state index in [9.17, 15) is 14.4 Å². The number of rotatable bonds is 8. The number of hydrogen-bond acceptors (Lipinski definition) is 5. The van der Waals surface area contributed by atoms with Gasteiger partial charge in [-0.05, 0) is 78.1 Å². The zero-order chi connectivity index (χ0) is 27.2. The Morgan fingerprint density at radius 1 is 1.00 bits per heavy atom. The smallest absolute Gasteiger partial charge is 0.408 e. The molecule has 0 saturated heterocycles. The highest BCUT2D eigenvalue weighted by molar-refractivity contribution is 7.80. The van der Waals surface area contributed by atoms with E-state index in [1.54, 1.807) is 20.8 Å². The molecule has 2 atom stereocenters. The second kappa shape index (κ2) is 12.3. The summed E-state index contributed by atoms with van der Waals surface area (Å²) in [5, 5.41) is 5.63. The van der Waals surface area contributed by atoms with Gasteiger partial charge in [-0.1, -0.05) is 42.0 Å². The quantitative estimate of drug-likeness (QED) is 0.415. The number of benzene rings is 2. The minimum absolute atomic E-state index is 0.0420. The summed E-state index contributed by atoms with van der Waals surface area (Å²) in [6.07, 6.45) is -0.717. The molecular weight excluding hydrogens is 474 g/mol. The molecule has 2 aromatic carbocycles. The van der Waals surface area contributed by atoms with Crippen LogP contribution < -0.4 is 10.6 Å². The highest BCUT2D eigenvalue weighted by Crippen LogP contribution is 2.30. The maximum absolute atomic E-state index is 13.9. The number of hydrogen-bond donors (Lipinski definition) is 3. The molecule has 0 aliphatic rings. The van der Waals surface area contributed by atoms with E-state index in [-0.39, 0.29) is 17.7 Å². The van der Waals surface area contributed by atoms with Gasteiger partial charge in [-0.15, -0.1) is 0 Å². The Morgan fingerprint density at radius 3 is 2.17 bits per heavy atom. The molecule has 7 nitrogen and oxygen atoms in total. The lowest BCUT2D eigenvalue weighted by Crippen LogP contribution is -2.55. The van der Waals surface area contributed by atoms with Gasteiger partial charge in [0.2, 0.25) is 5.91 Å². The van der Waals surface area contributed by atoms with E-state index in [0.29, 0.717) is 11.3 Å². The standard InChI is InChI=1S/C28H39N3O4S/c1-17(2)31(26(33)23(16-36)30-27(34)35-28(6,7)8)24(21-14-13-18(3)15-20(21)5)25(32)29-22-12-10-9-11-19(22)4/h9-15,17,23-24,36H,16H2,1-8H3,(H,29,32)(H,30,34). The Hall–Kier alpha value is -3.00. The topological polar surface area (TPSA) is 87.7 Å². The Kier molecular flexibility index (Phi) is 9.99. The average Bonchev–Trinajstić information content (AvgIpc) is 2.76. The number of carbonyl (C=O) groups excluding carboxylic acids is 3. The van der Waals surface area contributed by atoms with E-state index >= 15 is 0 Å². The number of amides is 3. The number of ether oxygens (including phenoxy) is 1. The van der Waals surface area contributed by atoms with Crippen molar-refractivity contribution in [2.45, 2.75) is 79.1 Å². The molecule has 0 fully saturated rings. The van der Waals surface area contributed by atoms with Gasteiger partial charge in [-0.25, -0.2) is 4.79 Å². The molecule has 2 aromatic rings. The van der Waals surface area contributed by atoms with Crippen molar-refractivity contribution in [2.75, 3.05) is 11.1 Å². The molecule has 0 heterocycles. The van der Waals surface area contributed by atoms with Gasteiger partial charge in [0.15, 0.2) is 0 Å². The third kappa shape index (κ3) is 7.75. The Bertz CT molecular complexity index is 1090. The number of nitrogens with one attached hydrogen (secondary N) is 2. The summed E-state index contributed by atoms with van der Waals surface area (Å²) in [5.41, 5.74) is 3.51. The van der Waals surface area contributed by atoms with Crippen molar-refractivity contribution in [3.8, 4) is 0 Å². The van der Waals surface area contributed by atoms with Gasteiger partial charge in [0.25, 0.3) is 5.91 Å². The van der Waals surface area contributed by atoms with E-state index in [2.05, 4.69) is 23.3 Å². The van der Waals surface area contributed by atoms with Gasteiger partial charge in [0.05, 0.1) is 0 Å². The van der Waals surface area contributed by atoms with Crippen molar-refractivity contribution >= 4 is 36.2 Å². The normalized spacial score (nSPS) is 13.1. The van der Waals surface area contributed by atoms with Gasteiger partial charge in [0.1, 0.15) is 17.7 Å². The predicted octanol–water partition coefficient (Wildman–Crippen LogP) is 5.35. The van der Waals surface area contributed by atoms with Crippen molar-refractivity contribution < 1.29 is 19.1 Å². The monoisotopic (exact) mass is 513 g/mol. The summed E-state index contributed by atoms with van der Waals surface area (Å²) in [7, 11) is 0. The number of thiol groups is 1. The average molecular weight is 514 g/mol. The highest BCUT2D eigenvalue weighted by Gasteiger charge is 2.38. The first-order valence-corrected chi connectivity index (χ1v) is 12.7. The van der Waals surface area contributed by atoms with Crippen molar-refractivity contribution in [3.05, 3.63) is 64.7 Å². The van der Waals surface area contributed by atoms with E-state index in [0.717, 1.165) is 16.7 Å². The van der Waals surface area contributed by atoms with Gasteiger partial charge >= 0.3 is 6.09 Å². The summed E-state index contributed by atoms with van der Waals surface area (Å²) in [6, 6.07) is 11.0. The van der Waals surface area contributed by atoms with E-state index in [1.165, 1.54) is 4.90 Å². The van der Waals surface area contributed by atoms with Crippen LogP contribution in [0.3, 0.4) is 0 Å². The second-order valence-electron chi connectivity index (χ2n) is 10.3. The van der Waals surface area contributed by atoms with Crippen molar-refractivity contribution in [2.24, 2.45) is 0 Å². The Morgan fingerprint density at radius 2 is 1.64 bits per heavy atom. The third-order valence-electron chi connectivity index (χ3n) is 5.63. The lowest BCUT2D eigenvalue weighted by Gasteiger charge is -2.37. The molecular formula is C28H39N3O4S. The molecule has 196 valence electrons. The van der Waals surface area contributed by atoms with Gasteiger partial charge < -0.3 is 20.3 Å². The molecule has 0 saturated carbocycles. The number of aryl methyl sites for hydroxylation is 3. The van der Waals surface area contributed by atoms with Crippen LogP contribution in [-0.2, 0) is 14.3 Å². The number of anilines is 1. The van der Waals surface area contributed by atoms with Gasteiger partial charge in [-0.2, -0.15) is 12.6 Å². The fourth-order valence-corrected chi connectivity index (χ4v) is 4.21. The van der Waals surface area contributed by atoms with Crippen LogP contribution in [0.25, 0.3) is 0 Å². The predicted molar refractivity (Wildman–Crippen MR) is 147 cm³/mol. The molecule has 2 rings (SSSR count). The summed E-state index contributed by atoms with van der Waals surface area (Å²) >= 11 is 4.32. The Balaban J connectivity index is 2.52. The summed E-state index contributed by atoms with van der Waals surface area (Å²) in [6.45, 7) is 14.7. The van der Waals surface area contributed by atoms with Crippen molar-refractivity contribution in [1.82, 2.24) is 10.2 Å². The lowest BCUT2D eigenvalue weighted by molar-refractivity contribution is -0.142. The number of carbonyl (C=O) groups is 3. The molecule has 3 amide bonds.